The van der Waals surface area contributed by atoms with E-state index in [1.165, 1.54) is 11.1 Å². The third-order valence-electron chi connectivity index (χ3n) is 4.31. The van der Waals surface area contributed by atoms with Crippen LogP contribution in [-0.4, -0.2) is 39.7 Å². The summed E-state index contributed by atoms with van der Waals surface area (Å²) < 4.78 is 1.91. The number of hydrogen-bond acceptors (Lipinski definition) is 3. The van der Waals surface area contributed by atoms with Gasteiger partial charge in [0.2, 0.25) is 5.91 Å². The molecular weight excluding hydrogens is 288 g/mol. The van der Waals surface area contributed by atoms with E-state index in [4.69, 9.17) is 0 Å². The van der Waals surface area contributed by atoms with Crippen molar-refractivity contribution < 1.29 is 4.79 Å². The molecule has 0 unspecified atom stereocenters. The van der Waals surface area contributed by atoms with Gasteiger partial charge in [0, 0.05) is 25.3 Å². The van der Waals surface area contributed by atoms with Crippen molar-refractivity contribution >= 4 is 5.91 Å². The maximum Gasteiger partial charge on any atom is 0.236 e. The van der Waals surface area contributed by atoms with Crippen LogP contribution < -0.4 is 5.32 Å². The van der Waals surface area contributed by atoms with E-state index in [-0.39, 0.29) is 11.9 Å². The van der Waals surface area contributed by atoms with Gasteiger partial charge in [0.15, 0.2) is 0 Å². The largest absolute Gasteiger partial charge is 0.337 e. The van der Waals surface area contributed by atoms with Crippen molar-refractivity contribution in [3.8, 4) is 0 Å². The number of benzene rings is 1. The van der Waals surface area contributed by atoms with E-state index in [0.717, 1.165) is 31.6 Å². The summed E-state index contributed by atoms with van der Waals surface area (Å²) in [7, 11) is 0. The van der Waals surface area contributed by atoms with Crippen LogP contribution in [0.25, 0.3) is 0 Å². The SMILES string of the molecule is Cc1cnn(C[C@H](C)NCC(=O)N2CCc3ccccc3C2)c1. The highest BCUT2D eigenvalue weighted by molar-refractivity contribution is 5.78. The Morgan fingerprint density at radius 1 is 1.35 bits per heavy atom. The van der Waals surface area contributed by atoms with E-state index in [1.807, 2.05) is 35.0 Å². The van der Waals surface area contributed by atoms with Crippen molar-refractivity contribution in [1.82, 2.24) is 20.0 Å². The van der Waals surface area contributed by atoms with Crippen molar-refractivity contribution in [2.24, 2.45) is 0 Å². The average molecular weight is 312 g/mol. The Kier molecular flexibility index (Phi) is 4.76. The van der Waals surface area contributed by atoms with Gasteiger partial charge in [-0.2, -0.15) is 5.10 Å². The van der Waals surface area contributed by atoms with Crippen LogP contribution in [0.5, 0.6) is 0 Å². The van der Waals surface area contributed by atoms with E-state index >= 15 is 0 Å². The number of fused-ring (bicyclic) bond motifs is 1. The van der Waals surface area contributed by atoms with E-state index in [1.54, 1.807) is 0 Å². The topological polar surface area (TPSA) is 50.2 Å². The fraction of sp³-hybridized carbons (Fsp3) is 0.444. The molecule has 0 fully saturated rings. The van der Waals surface area contributed by atoms with Crippen LogP contribution in [0.2, 0.25) is 0 Å². The molecule has 1 atom stereocenters. The van der Waals surface area contributed by atoms with Crippen molar-refractivity contribution in [3.05, 3.63) is 53.3 Å². The van der Waals surface area contributed by atoms with Gasteiger partial charge in [-0.3, -0.25) is 9.48 Å². The molecule has 0 aliphatic carbocycles. The minimum absolute atomic E-state index is 0.169. The zero-order valence-corrected chi connectivity index (χ0v) is 13.8. The van der Waals surface area contributed by atoms with E-state index in [0.29, 0.717) is 6.54 Å². The van der Waals surface area contributed by atoms with Crippen LogP contribution in [-0.2, 0) is 24.3 Å². The number of aryl methyl sites for hydroxylation is 1. The highest BCUT2D eigenvalue weighted by Crippen LogP contribution is 2.18. The number of carbonyl (C=O) groups is 1. The van der Waals surface area contributed by atoms with E-state index in [2.05, 4.69) is 35.5 Å². The molecule has 1 aliphatic rings. The lowest BCUT2D eigenvalue weighted by atomic mass is 10.00. The first kappa shape index (κ1) is 15.7. The average Bonchev–Trinajstić information content (AvgIpc) is 2.97. The summed E-state index contributed by atoms with van der Waals surface area (Å²) in [6, 6.07) is 8.58. The molecule has 0 saturated heterocycles. The van der Waals surface area contributed by atoms with Crippen molar-refractivity contribution in [1.29, 1.82) is 0 Å². The molecule has 5 heteroatoms. The Morgan fingerprint density at radius 2 is 2.13 bits per heavy atom. The molecule has 23 heavy (non-hydrogen) atoms. The minimum Gasteiger partial charge on any atom is -0.337 e. The molecule has 5 nitrogen and oxygen atoms in total. The lowest BCUT2D eigenvalue weighted by molar-refractivity contribution is -0.131. The molecule has 1 aromatic carbocycles. The molecular formula is C18H24N4O. The smallest absolute Gasteiger partial charge is 0.236 e. The first-order chi connectivity index (χ1) is 11.1. The molecule has 0 saturated carbocycles. The zero-order chi connectivity index (χ0) is 16.2. The number of rotatable bonds is 5. The molecule has 1 aliphatic heterocycles. The molecule has 1 N–H and O–H groups in total. The maximum atomic E-state index is 12.4. The molecule has 1 aromatic heterocycles. The highest BCUT2D eigenvalue weighted by Gasteiger charge is 2.20. The van der Waals surface area contributed by atoms with Gasteiger partial charge >= 0.3 is 0 Å². The first-order valence-corrected chi connectivity index (χ1v) is 8.19. The van der Waals surface area contributed by atoms with Gasteiger partial charge in [0.25, 0.3) is 0 Å². The second-order valence-corrected chi connectivity index (χ2v) is 6.36. The molecule has 122 valence electrons. The summed E-state index contributed by atoms with van der Waals surface area (Å²) in [6.07, 6.45) is 4.81. The summed E-state index contributed by atoms with van der Waals surface area (Å²) in [5, 5.41) is 7.59. The predicted molar refractivity (Wildman–Crippen MR) is 90.0 cm³/mol. The standard InChI is InChI=1S/C18H24N4O/c1-14-9-20-22(11-14)12-15(2)19-10-18(23)21-8-7-16-5-3-4-6-17(16)13-21/h3-6,9,11,15,19H,7-8,10,12-13H2,1-2H3/t15-/m0/s1. The van der Waals surface area contributed by atoms with Gasteiger partial charge in [-0.25, -0.2) is 0 Å². The van der Waals surface area contributed by atoms with Crippen molar-refractivity contribution in [3.63, 3.8) is 0 Å². The monoisotopic (exact) mass is 312 g/mol. The molecule has 3 rings (SSSR count). The third-order valence-corrected chi connectivity index (χ3v) is 4.31. The van der Waals surface area contributed by atoms with Crippen LogP contribution in [0.1, 0.15) is 23.6 Å². The maximum absolute atomic E-state index is 12.4. The van der Waals surface area contributed by atoms with Crippen molar-refractivity contribution in [2.45, 2.75) is 39.4 Å². The van der Waals surface area contributed by atoms with Crippen molar-refractivity contribution in [2.75, 3.05) is 13.1 Å². The highest BCUT2D eigenvalue weighted by atomic mass is 16.2. The van der Waals surface area contributed by atoms with Crippen LogP contribution in [0.3, 0.4) is 0 Å². The fourth-order valence-corrected chi connectivity index (χ4v) is 2.99. The Balaban J connectivity index is 1.48. The number of carbonyl (C=O) groups excluding carboxylic acids is 1. The molecule has 1 amide bonds. The number of nitrogens with one attached hydrogen (secondary N) is 1. The predicted octanol–water partition coefficient (Wildman–Crippen LogP) is 1.75. The van der Waals surface area contributed by atoms with E-state index in [9.17, 15) is 4.79 Å². The third kappa shape index (κ3) is 3.99. The second-order valence-electron chi connectivity index (χ2n) is 6.36. The van der Waals surface area contributed by atoms with Crippen LogP contribution in [0, 0.1) is 6.92 Å². The quantitative estimate of drug-likeness (QED) is 0.915. The lowest BCUT2D eigenvalue weighted by Crippen LogP contribution is -2.44. The molecule has 0 radical (unpaired) electrons. The van der Waals surface area contributed by atoms with Gasteiger partial charge in [-0.15, -0.1) is 0 Å². The Labute approximate surface area is 137 Å². The van der Waals surface area contributed by atoms with Gasteiger partial charge in [0.1, 0.15) is 0 Å². The molecule has 0 bridgehead atoms. The number of amides is 1. The van der Waals surface area contributed by atoms with Crippen LogP contribution >= 0.6 is 0 Å². The summed E-state index contributed by atoms with van der Waals surface area (Å²) in [5.74, 6) is 0.169. The van der Waals surface area contributed by atoms with Gasteiger partial charge in [0.05, 0.1) is 19.3 Å². The molecule has 0 spiro atoms. The number of aromatic nitrogens is 2. The fourth-order valence-electron chi connectivity index (χ4n) is 2.99. The number of nitrogens with zero attached hydrogens (tertiary/aromatic N) is 3. The van der Waals surface area contributed by atoms with Crippen LogP contribution in [0.15, 0.2) is 36.7 Å². The number of hydrogen-bond donors (Lipinski definition) is 1. The first-order valence-electron chi connectivity index (χ1n) is 8.19. The van der Waals surface area contributed by atoms with E-state index < -0.39 is 0 Å². The molecule has 2 heterocycles. The Bertz CT molecular complexity index is 679. The Morgan fingerprint density at radius 3 is 2.87 bits per heavy atom. The second kappa shape index (κ2) is 6.96. The summed E-state index contributed by atoms with van der Waals surface area (Å²) in [5.41, 5.74) is 3.79. The summed E-state index contributed by atoms with van der Waals surface area (Å²) in [6.45, 7) is 6.79. The molecule has 2 aromatic rings. The minimum atomic E-state index is 0.169. The zero-order valence-electron chi connectivity index (χ0n) is 13.8. The van der Waals surface area contributed by atoms with Gasteiger partial charge in [-0.05, 0) is 37.0 Å². The normalized spacial score (nSPS) is 15.3. The lowest BCUT2D eigenvalue weighted by Gasteiger charge is -2.29. The van der Waals surface area contributed by atoms with Gasteiger partial charge in [-0.1, -0.05) is 24.3 Å². The van der Waals surface area contributed by atoms with Crippen LogP contribution in [0.4, 0.5) is 0 Å². The Hall–Kier alpha value is -2.14. The summed E-state index contributed by atoms with van der Waals surface area (Å²) >= 11 is 0. The summed E-state index contributed by atoms with van der Waals surface area (Å²) in [4.78, 5) is 14.4. The van der Waals surface area contributed by atoms with Gasteiger partial charge < -0.3 is 10.2 Å².